The quantitative estimate of drug-likeness (QED) is 0.794. The molecule has 1 saturated carbocycles. The van der Waals surface area contributed by atoms with Gasteiger partial charge in [0.2, 0.25) is 5.91 Å². The molecule has 6 heteroatoms. The van der Waals surface area contributed by atoms with E-state index >= 15 is 0 Å². The van der Waals surface area contributed by atoms with Gasteiger partial charge in [-0.25, -0.2) is 0 Å². The predicted octanol–water partition coefficient (Wildman–Crippen LogP) is 0.546. The first-order valence-corrected chi connectivity index (χ1v) is 8.86. The molecule has 1 aliphatic heterocycles. The maximum atomic E-state index is 12.5. The monoisotopic (exact) mass is 302 g/mol. The van der Waals surface area contributed by atoms with Crippen LogP contribution in [-0.2, 0) is 20.3 Å². The smallest absolute Gasteiger partial charge is 0.241 e. The van der Waals surface area contributed by atoms with Crippen LogP contribution in [-0.4, -0.2) is 45.9 Å². The Hall–Kier alpha value is -0.460. The van der Waals surface area contributed by atoms with E-state index in [0.717, 1.165) is 12.8 Å². The van der Waals surface area contributed by atoms with Gasteiger partial charge >= 0.3 is 0 Å². The number of carbonyl (C=O) groups is 1. The topological polar surface area (TPSA) is 81.4 Å². The molecule has 116 valence electrons. The molecule has 0 aromatic rings. The zero-order valence-corrected chi connectivity index (χ0v) is 13.4. The molecule has 0 bridgehead atoms. The van der Waals surface area contributed by atoms with Crippen molar-refractivity contribution in [1.82, 2.24) is 5.32 Å². The van der Waals surface area contributed by atoms with Crippen molar-refractivity contribution in [3.63, 3.8) is 0 Å². The average Bonchev–Trinajstić information content (AvgIpc) is 2.40. The van der Waals surface area contributed by atoms with Crippen LogP contribution in [0.15, 0.2) is 0 Å². The Bertz CT molecular complexity index is 403. The molecule has 0 aromatic carbocycles. The summed E-state index contributed by atoms with van der Waals surface area (Å²) in [6.07, 6.45) is 2.17. The Morgan fingerprint density at radius 2 is 2.00 bits per heavy atom. The molecule has 3 N–H and O–H groups in total. The van der Waals surface area contributed by atoms with Gasteiger partial charge in [-0.1, -0.05) is 13.8 Å². The zero-order chi connectivity index (χ0) is 15.0. The number of nitrogens with two attached hydrogens (primary N) is 1. The third-order valence-electron chi connectivity index (χ3n) is 4.96. The van der Waals surface area contributed by atoms with Gasteiger partial charge in [0.05, 0.1) is 6.10 Å². The average molecular weight is 302 g/mol. The molecule has 1 amide bonds. The third-order valence-corrected chi connectivity index (χ3v) is 6.34. The second-order valence-electron chi connectivity index (χ2n) is 6.44. The van der Waals surface area contributed by atoms with Gasteiger partial charge in [-0.3, -0.25) is 9.00 Å². The number of carbonyl (C=O) groups excluding carboxylic acids is 1. The summed E-state index contributed by atoms with van der Waals surface area (Å²) in [6.45, 7) is 6.58. The first kappa shape index (κ1) is 15.9. The molecular weight excluding hydrogens is 276 g/mol. The summed E-state index contributed by atoms with van der Waals surface area (Å²) in [5.41, 5.74) is 5.12. The van der Waals surface area contributed by atoms with Gasteiger partial charge < -0.3 is 15.8 Å². The standard InChI is InChI=1S/C14H26N2O3S/c1-4-19-11-9-14(15,13(11,2)3)12(17)16-10-5-7-20(18)8-6-10/h10-11H,4-9,15H2,1-3H3,(H,16,17). The summed E-state index contributed by atoms with van der Waals surface area (Å²) in [7, 11) is -0.711. The molecule has 1 heterocycles. The highest BCUT2D eigenvalue weighted by Crippen LogP contribution is 2.49. The minimum Gasteiger partial charge on any atom is -0.378 e. The maximum Gasteiger partial charge on any atom is 0.241 e. The van der Waals surface area contributed by atoms with Crippen LogP contribution in [0.5, 0.6) is 0 Å². The Balaban J connectivity index is 1.94. The van der Waals surface area contributed by atoms with Gasteiger partial charge in [0.25, 0.3) is 0 Å². The molecule has 1 saturated heterocycles. The van der Waals surface area contributed by atoms with E-state index in [-0.39, 0.29) is 23.5 Å². The van der Waals surface area contributed by atoms with Gasteiger partial charge in [0.15, 0.2) is 0 Å². The fourth-order valence-corrected chi connectivity index (χ4v) is 4.37. The fraction of sp³-hybridized carbons (Fsp3) is 0.929. The highest BCUT2D eigenvalue weighted by atomic mass is 32.2. The lowest BCUT2D eigenvalue weighted by Crippen LogP contribution is -2.76. The number of rotatable bonds is 4. The molecule has 5 nitrogen and oxygen atoms in total. The molecule has 2 aliphatic rings. The Morgan fingerprint density at radius 1 is 1.40 bits per heavy atom. The number of hydrogen-bond acceptors (Lipinski definition) is 4. The minimum atomic E-state index is -0.858. The molecule has 2 rings (SSSR count). The van der Waals surface area contributed by atoms with E-state index in [9.17, 15) is 9.00 Å². The molecule has 2 unspecified atom stereocenters. The van der Waals surface area contributed by atoms with Crippen LogP contribution in [0.2, 0.25) is 0 Å². The maximum absolute atomic E-state index is 12.5. The van der Waals surface area contributed by atoms with E-state index in [1.165, 1.54) is 0 Å². The van der Waals surface area contributed by atoms with Crippen LogP contribution in [0.4, 0.5) is 0 Å². The van der Waals surface area contributed by atoms with Crippen LogP contribution in [0.3, 0.4) is 0 Å². The second-order valence-corrected chi connectivity index (χ2v) is 8.13. The van der Waals surface area contributed by atoms with Crippen molar-refractivity contribution in [3.8, 4) is 0 Å². The lowest BCUT2D eigenvalue weighted by atomic mass is 9.54. The van der Waals surface area contributed by atoms with Crippen molar-refractivity contribution in [2.75, 3.05) is 18.1 Å². The number of hydrogen-bond donors (Lipinski definition) is 2. The van der Waals surface area contributed by atoms with Crippen molar-refractivity contribution in [2.45, 2.75) is 57.7 Å². The van der Waals surface area contributed by atoms with Crippen LogP contribution in [0, 0.1) is 5.41 Å². The predicted molar refractivity (Wildman–Crippen MR) is 79.8 cm³/mol. The van der Waals surface area contributed by atoms with Gasteiger partial charge in [-0.15, -0.1) is 0 Å². The van der Waals surface area contributed by atoms with Crippen LogP contribution < -0.4 is 11.1 Å². The van der Waals surface area contributed by atoms with E-state index in [1.54, 1.807) is 0 Å². The van der Waals surface area contributed by atoms with E-state index in [2.05, 4.69) is 5.32 Å². The summed E-state index contributed by atoms with van der Waals surface area (Å²) in [4.78, 5) is 12.5. The SMILES string of the molecule is CCOC1CC(N)(C(=O)NC2CCS(=O)CC2)C1(C)C. The zero-order valence-electron chi connectivity index (χ0n) is 12.6. The summed E-state index contributed by atoms with van der Waals surface area (Å²) in [5.74, 6) is 1.26. The van der Waals surface area contributed by atoms with Crippen molar-refractivity contribution >= 4 is 16.7 Å². The van der Waals surface area contributed by atoms with Crippen molar-refractivity contribution < 1.29 is 13.7 Å². The van der Waals surface area contributed by atoms with E-state index < -0.39 is 16.3 Å². The Morgan fingerprint density at radius 3 is 2.50 bits per heavy atom. The number of amides is 1. The van der Waals surface area contributed by atoms with Crippen LogP contribution >= 0.6 is 0 Å². The minimum absolute atomic E-state index is 0.0436. The molecule has 20 heavy (non-hydrogen) atoms. The normalized spacial score (nSPS) is 39.9. The van der Waals surface area contributed by atoms with Crippen LogP contribution in [0.25, 0.3) is 0 Å². The van der Waals surface area contributed by atoms with E-state index in [1.807, 2.05) is 20.8 Å². The Kier molecular flexibility index (Phi) is 4.56. The van der Waals surface area contributed by atoms with Gasteiger partial charge in [0, 0.05) is 46.8 Å². The van der Waals surface area contributed by atoms with Crippen molar-refractivity contribution in [3.05, 3.63) is 0 Å². The first-order chi connectivity index (χ1) is 9.31. The molecule has 1 aliphatic carbocycles. The lowest BCUT2D eigenvalue weighted by Gasteiger charge is -2.57. The van der Waals surface area contributed by atoms with Gasteiger partial charge in [-0.05, 0) is 19.8 Å². The fourth-order valence-electron chi connectivity index (χ4n) is 3.07. The van der Waals surface area contributed by atoms with E-state index in [4.69, 9.17) is 10.5 Å². The first-order valence-electron chi connectivity index (χ1n) is 7.37. The second kappa shape index (κ2) is 5.73. The Labute approximate surface area is 123 Å². The summed E-state index contributed by atoms with van der Waals surface area (Å²) in [6, 6.07) is 0.113. The van der Waals surface area contributed by atoms with Crippen molar-refractivity contribution in [1.29, 1.82) is 0 Å². The van der Waals surface area contributed by atoms with Gasteiger partial charge in [-0.2, -0.15) is 0 Å². The van der Waals surface area contributed by atoms with Gasteiger partial charge in [0.1, 0.15) is 5.54 Å². The third kappa shape index (κ3) is 2.65. The highest BCUT2D eigenvalue weighted by Gasteiger charge is 2.63. The molecule has 0 radical (unpaired) electrons. The molecule has 0 spiro atoms. The largest absolute Gasteiger partial charge is 0.378 e. The number of nitrogens with one attached hydrogen (secondary N) is 1. The molecule has 2 atom stereocenters. The van der Waals surface area contributed by atoms with E-state index in [0.29, 0.717) is 24.5 Å². The summed E-state index contributed by atoms with van der Waals surface area (Å²) < 4.78 is 17.0. The summed E-state index contributed by atoms with van der Waals surface area (Å²) in [5, 5.41) is 3.05. The molecule has 2 fully saturated rings. The molecular formula is C14H26N2O3S. The number of ether oxygens (including phenoxy) is 1. The molecule has 0 aromatic heterocycles. The summed E-state index contributed by atoms with van der Waals surface area (Å²) >= 11 is 0. The van der Waals surface area contributed by atoms with Crippen molar-refractivity contribution in [2.24, 2.45) is 11.1 Å². The lowest BCUT2D eigenvalue weighted by molar-refractivity contribution is -0.171. The highest BCUT2D eigenvalue weighted by molar-refractivity contribution is 7.85. The van der Waals surface area contributed by atoms with Crippen LogP contribution in [0.1, 0.15) is 40.0 Å².